The molecule has 1 unspecified atom stereocenters. The van der Waals surface area contributed by atoms with Crippen molar-refractivity contribution < 1.29 is 4.79 Å². The maximum absolute atomic E-state index is 11.0. The Hall–Kier alpha value is -1.22. The van der Waals surface area contributed by atoms with E-state index in [1.807, 2.05) is 25.1 Å². The average molecular weight is 213 g/mol. The van der Waals surface area contributed by atoms with Gasteiger partial charge in [-0.05, 0) is 24.6 Å². The molecule has 4 heteroatoms. The number of halogens is 1. The molecule has 2 amide bonds. The number of rotatable bonds is 2. The van der Waals surface area contributed by atoms with Crippen LogP contribution >= 0.6 is 11.6 Å². The van der Waals surface area contributed by atoms with Gasteiger partial charge in [-0.2, -0.15) is 0 Å². The minimum absolute atomic E-state index is 0.0475. The number of urea groups is 1. The summed E-state index contributed by atoms with van der Waals surface area (Å²) in [5, 5.41) is 5.94. The second kappa shape index (κ2) is 4.86. The van der Waals surface area contributed by atoms with Crippen LogP contribution in [0.5, 0.6) is 0 Å². The molecule has 1 aromatic rings. The molecule has 0 fully saturated rings. The Morgan fingerprint density at radius 2 is 2.21 bits per heavy atom. The number of nitrogens with one attached hydrogen (secondary N) is 2. The fourth-order valence-electron chi connectivity index (χ4n) is 1.13. The van der Waals surface area contributed by atoms with Crippen LogP contribution in [0.3, 0.4) is 0 Å². The summed E-state index contributed by atoms with van der Waals surface area (Å²) in [5.74, 6) is 0. The summed E-state index contributed by atoms with van der Waals surface area (Å²) in [6, 6.07) is 7.18. The average Bonchev–Trinajstić information content (AvgIpc) is 2.17. The van der Waals surface area contributed by atoms with Crippen LogP contribution in [-0.2, 0) is 0 Å². The van der Waals surface area contributed by atoms with E-state index < -0.39 is 0 Å². The van der Waals surface area contributed by atoms with Crippen LogP contribution < -0.4 is 10.6 Å². The lowest BCUT2D eigenvalue weighted by atomic mass is 10.1. The highest BCUT2D eigenvalue weighted by molar-refractivity contribution is 6.30. The molecule has 0 aliphatic rings. The second-order valence-corrected chi connectivity index (χ2v) is 3.44. The van der Waals surface area contributed by atoms with Crippen LogP contribution in [0.1, 0.15) is 18.5 Å². The van der Waals surface area contributed by atoms with E-state index in [1.165, 1.54) is 0 Å². The van der Waals surface area contributed by atoms with Crippen molar-refractivity contribution in [1.29, 1.82) is 0 Å². The van der Waals surface area contributed by atoms with Gasteiger partial charge in [-0.15, -0.1) is 0 Å². The molecule has 1 atom stereocenters. The number of hydrogen-bond acceptors (Lipinski definition) is 1. The summed E-state index contributed by atoms with van der Waals surface area (Å²) >= 11 is 5.83. The summed E-state index contributed by atoms with van der Waals surface area (Å²) in [6.07, 6.45) is 0. The summed E-state index contributed by atoms with van der Waals surface area (Å²) < 4.78 is 0. The van der Waals surface area contributed by atoms with Crippen molar-refractivity contribution in [1.82, 2.24) is 10.6 Å². The molecule has 0 saturated carbocycles. The quantitative estimate of drug-likeness (QED) is 0.776. The SMILES string of the molecule is CNC(=O)NC(C)c1cccc(Cl)c1. The molecule has 1 rings (SSSR count). The molecule has 0 bridgehead atoms. The normalized spacial score (nSPS) is 11.9. The second-order valence-electron chi connectivity index (χ2n) is 3.00. The fraction of sp³-hybridized carbons (Fsp3) is 0.300. The molecule has 0 aliphatic heterocycles. The van der Waals surface area contributed by atoms with E-state index >= 15 is 0 Å². The lowest BCUT2D eigenvalue weighted by Crippen LogP contribution is -2.34. The van der Waals surface area contributed by atoms with Gasteiger partial charge in [-0.25, -0.2) is 4.79 Å². The first-order valence-corrected chi connectivity index (χ1v) is 4.75. The molecule has 3 nitrogen and oxygen atoms in total. The first-order valence-electron chi connectivity index (χ1n) is 4.37. The van der Waals surface area contributed by atoms with E-state index in [2.05, 4.69) is 10.6 Å². The molecule has 14 heavy (non-hydrogen) atoms. The van der Waals surface area contributed by atoms with Crippen molar-refractivity contribution in [3.63, 3.8) is 0 Å². The zero-order chi connectivity index (χ0) is 10.6. The maximum atomic E-state index is 11.0. The first kappa shape index (κ1) is 10.9. The minimum atomic E-state index is -0.197. The van der Waals surface area contributed by atoms with Crippen molar-refractivity contribution >= 4 is 17.6 Å². The lowest BCUT2D eigenvalue weighted by Gasteiger charge is -2.13. The van der Waals surface area contributed by atoms with E-state index in [1.54, 1.807) is 13.1 Å². The van der Waals surface area contributed by atoms with E-state index in [0.29, 0.717) is 5.02 Å². The molecule has 0 saturated heterocycles. The number of amides is 2. The van der Waals surface area contributed by atoms with Gasteiger partial charge in [0.05, 0.1) is 6.04 Å². The smallest absolute Gasteiger partial charge is 0.315 e. The standard InChI is InChI=1S/C10H13ClN2O/c1-7(13-10(14)12-2)8-4-3-5-9(11)6-8/h3-7H,1-2H3,(H2,12,13,14). The molecule has 2 N–H and O–H groups in total. The predicted molar refractivity (Wildman–Crippen MR) is 57.5 cm³/mol. The van der Waals surface area contributed by atoms with Crippen LogP contribution in [0.4, 0.5) is 4.79 Å². The van der Waals surface area contributed by atoms with Gasteiger partial charge < -0.3 is 10.6 Å². The van der Waals surface area contributed by atoms with Gasteiger partial charge >= 0.3 is 6.03 Å². The predicted octanol–water partition coefficient (Wildman–Crippen LogP) is 2.33. The number of benzene rings is 1. The van der Waals surface area contributed by atoms with Crippen molar-refractivity contribution in [2.24, 2.45) is 0 Å². The number of carbonyl (C=O) groups is 1. The van der Waals surface area contributed by atoms with Crippen LogP contribution in [0, 0.1) is 0 Å². The van der Waals surface area contributed by atoms with Gasteiger partial charge in [0.25, 0.3) is 0 Å². The third kappa shape index (κ3) is 2.92. The molecule has 0 spiro atoms. The summed E-state index contributed by atoms with van der Waals surface area (Å²) in [6.45, 7) is 1.90. The van der Waals surface area contributed by atoms with Crippen molar-refractivity contribution in [3.05, 3.63) is 34.9 Å². The number of carbonyl (C=O) groups excluding carboxylic acids is 1. The first-order chi connectivity index (χ1) is 6.63. The summed E-state index contributed by atoms with van der Waals surface area (Å²) in [7, 11) is 1.58. The topological polar surface area (TPSA) is 41.1 Å². The number of hydrogen-bond donors (Lipinski definition) is 2. The Morgan fingerprint density at radius 3 is 2.79 bits per heavy atom. The molecular formula is C10H13ClN2O. The summed E-state index contributed by atoms with van der Waals surface area (Å²) in [5.41, 5.74) is 0.987. The third-order valence-electron chi connectivity index (χ3n) is 1.92. The van der Waals surface area contributed by atoms with Crippen LogP contribution in [-0.4, -0.2) is 13.1 Å². The minimum Gasteiger partial charge on any atom is -0.341 e. The monoisotopic (exact) mass is 212 g/mol. The van der Waals surface area contributed by atoms with E-state index in [0.717, 1.165) is 5.56 Å². The molecule has 0 aromatic heterocycles. The Morgan fingerprint density at radius 1 is 1.50 bits per heavy atom. The molecule has 0 heterocycles. The van der Waals surface area contributed by atoms with Crippen molar-refractivity contribution in [2.75, 3.05) is 7.05 Å². The molecule has 0 aliphatic carbocycles. The highest BCUT2D eigenvalue weighted by atomic mass is 35.5. The maximum Gasteiger partial charge on any atom is 0.315 e. The Bertz CT molecular complexity index is 328. The van der Waals surface area contributed by atoms with Crippen molar-refractivity contribution in [2.45, 2.75) is 13.0 Å². The zero-order valence-electron chi connectivity index (χ0n) is 8.17. The van der Waals surface area contributed by atoms with Crippen LogP contribution in [0.15, 0.2) is 24.3 Å². The van der Waals surface area contributed by atoms with E-state index in [-0.39, 0.29) is 12.1 Å². The van der Waals surface area contributed by atoms with E-state index in [4.69, 9.17) is 11.6 Å². The Kier molecular flexibility index (Phi) is 3.77. The molecule has 1 aromatic carbocycles. The van der Waals surface area contributed by atoms with Crippen LogP contribution in [0.2, 0.25) is 5.02 Å². The van der Waals surface area contributed by atoms with Gasteiger partial charge in [-0.3, -0.25) is 0 Å². The Balaban J connectivity index is 2.69. The highest BCUT2D eigenvalue weighted by Crippen LogP contribution is 2.16. The van der Waals surface area contributed by atoms with Crippen LogP contribution in [0.25, 0.3) is 0 Å². The van der Waals surface area contributed by atoms with Gasteiger partial charge in [0.1, 0.15) is 0 Å². The van der Waals surface area contributed by atoms with Crippen molar-refractivity contribution in [3.8, 4) is 0 Å². The molecular weight excluding hydrogens is 200 g/mol. The zero-order valence-corrected chi connectivity index (χ0v) is 8.93. The largest absolute Gasteiger partial charge is 0.341 e. The van der Waals surface area contributed by atoms with E-state index in [9.17, 15) is 4.79 Å². The van der Waals surface area contributed by atoms with Gasteiger partial charge in [0.2, 0.25) is 0 Å². The molecule has 76 valence electrons. The van der Waals surface area contributed by atoms with Gasteiger partial charge in [-0.1, -0.05) is 23.7 Å². The van der Waals surface area contributed by atoms with Gasteiger partial charge in [0, 0.05) is 12.1 Å². The fourth-order valence-corrected chi connectivity index (χ4v) is 1.33. The molecule has 0 radical (unpaired) electrons. The Labute approximate surface area is 88.5 Å². The summed E-state index contributed by atoms with van der Waals surface area (Å²) in [4.78, 5) is 11.0. The third-order valence-corrected chi connectivity index (χ3v) is 2.16. The highest BCUT2D eigenvalue weighted by Gasteiger charge is 2.07. The van der Waals surface area contributed by atoms with Gasteiger partial charge in [0.15, 0.2) is 0 Å². The lowest BCUT2D eigenvalue weighted by molar-refractivity contribution is 0.240.